The number of hydrogen-bond acceptors (Lipinski definition) is 5. The maximum absolute atomic E-state index is 13.7. The lowest BCUT2D eigenvalue weighted by molar-refractivity contribution is -0.136. The lowest BCUT2D eigenvalue weighted by Gasteiger charge is -2.24. The fourth-order valence-corrected chi connectivity index (χ4v) is 3.63. The van der Waals surface area contributed by atoms with E-state index in [0.29, 0.717) is 5.57 Å². The van der Waals surface area contributed by atoms with Gasteiger partial charge in [-0.25, -0.2) is 4.79 Å². The van der Waals surface area contributed by atoms with Crippen LogP contribution in [0.25, 0.3) is 16.5 Å². The largest absolute Gasteiger partial charge is 0.534 e. The highest BCUT2D eigenvalue weighted by Crippen LogP contribution is 2.41. The molecule has 0 radical (unpaired) electrons. The van der Waals surface area contributed by atoms with Crippen molar-refractivity contribution in [3.63, 3.8) is 0 Å². The number of aryl methyl sites for hydroxylation is 1. The molecule has 7 nitrogen and oxygen atoms in total. The number of pyridine rings is 1. The summed E-state index contributed by atoms with van der Waals surface area (Å²) in [4.78, 5) is 15.8. The summed E-state index contributed by atoms with van der Waals surface area (Å²) in [6, 6.07) is 2.57. The van der Waals surface area contributed by atoms with Crippen molar-refractivity contribution in [2.24, 2.45) is 0 Å². The number of nitrogens with zero attached hydrogens (tertiary/aromatic N) is 2. The van der Waals surface area contributed by atoms with Crippen LogP contribution in [0, 0.1) is 6.92 Å². The molecule has 1 aromatic heterocycles. The molecular formula is C18H14F6N2O5S. The number of rotatable bonds is 3. The summed E-state index contributed by atoms with van der Waals surface area (Å²) in [5.74, 6) is -0.958. The van der Waals surface area contributed by atoms with E-state index in [1.807, 2.05) is 0 Å². The molecule has 0 bridgehead atoms. The fraction of sp³-hybridized carbons (Fsp3) is 0.333. The molecule has 0 saturated heterocycles. The highest BCUT2D eigenvalue weighted by molar-refractivity contribution is 7.88. The molecule has 1 amide bonds. The third-order valence-corrected chi connectivity index (χ3v) is 5.61. The first kappa shape index (κ1) is 23.6. The molecule has 0 aliphatic carbocycles. The van der Waals surface area contributed by atoms with E-state index in [1.54, 1.807) is 0 Å². The van der Waals surface area contributed by atoms with Gasteiger partial charge in [-0.2, -0.15) is 34.8 Å². The van der Waals surface area contributed by atoms with Gasteiger partial charge < -0.3 is 14.2 Å². The van der Waals surface area contributed by atoms with Gasteiger partial charge in [0.25, 0.3) is 0 Å². The average Bonchev–Trinajstić information content (AvgIpc) is 2.65. The summed E-state index contributed by atoms with van der Waals surface area (Å²) in [7, 11) is -6.16. The summed E-state index contributed by atoms with van der Waals surface area (Å²) in [6.07, 6.45) is -4.79. The Morgan fingerprint density at radius 2 is 1.81 bits per heavy atom. The molecule has 3 rings (SSSR count). The number of aromatic nitrogens is 1. The first-order valence-electron chi connectivity index (χ1n) is 8.81. The van der Waals surface area contributed by atoms with Gasteiger partial charge in [0.15, 0.2) is 5.75 Å². The molecule has 1 N–H and O–H groups in total. The van der Waals surface area contributed by atoms with Crippen LogP contribution in [0.4, 0.5) is 31.1 Å². The van der Waals surface area contributed by atoms with Gasteiger partial charge in [0.05, 0.1) is 11.1 Å². The van der Waals surface area contributed by atoms with Crippen molar-refractivity contribution >= 4 is 32.7 Å². The van der Waals surface area contributed by atoms with Gasteiger partial charge in [0.1, 0.15) is 0 Å². The Kier molecular flexibility index (Phi) is 5.78. The van der Waals surface area contributed by atoms with Gasteiger partial charge in [-0.15, -0.1) is 0 Å². The van der Waals surface area contributed by atoms with Crippen molar-refractivity contribution in [2.75, 3.05) is 13.1 Å². The lowest BCUT2D eigenvalue weighted by atomic mass is 9.95. The summed E-state index contributed by atoms with van der Waals surface area (Å²) >= 11 is 0. The zero-order chi connectivity index (χ0) is 24.1. The van der Waals surface area contributed by atoms with Gasteiger partial charge in [0.2, 0.25) is 0 Å². The van der Waals surface area contributed by atoms with E-state index in [2.05, 4.69) is 9.17 Å². The maximum Gasteiger partial charge on any atom is 0.534 e. The van der Waals surface area contributed by atoms with Crippen molar-refractivity contribution in [3.05, 3.63) is 41.1 Å². The van der Waals surface area contributed by atoms with Crippen molar-refractivity contribution in [2.45, 2.75) is 25.0 Å². The molecule has 0 unspecified atom stereocenters. The second-order valence-corrected chi connectivity index (χ2v) is 8.41. The minimum Gasteiger partial charge on any atom is -0.465 e. The summed E-state index contributed by atoms with van der Waals surface area (Å²) < 4.78 is 107. The molecule has 1 aliphatic rings. The SMILES string of the molecule is Cc1cc(OS(=O)(=O)C(F)(F)F)c2cc(C3=CCN(C(=O)O)CC3)cc(C(F)(F)F)c2n1. The van der Waals surface area contributed by atoms with Crippen LogP contribution < -0.4 is 4.18 Å². The van der Waals surface area contributed by atoms with Crippen LogP contribution in [0.3, 0.4) is 0 Å². The van der Waals surface area contributed by atoms with Crippen LogP contribution in [-0.4, -0.2) is 48.1 Å². The number of alkyl halides is 6. The molecule has 14 heteroatoms. The number of amides is 1. The van der Waals surface area contributed by atoms with Crippen LogP contribution in [-0.2, 0) is 16.3 Å². The predicted molar refractivity (Wildman–Crippen MR) is 99.3 cm³/mol. The topological polar surface area (TPSA) is 96.8 Å². The van der Waals surface area contributed by atoms with Gasteiger partial charge in [-0.05, 0) is 36.6 Å². The Bertz CT molecular complexity index is 1220. The van der Waals surface area contributed by atoms with Crippen molar-refractivity contribution in [1.29, 1.82) is 0 Å². The minimum atomic E-state index is -6.16. The third kappa shape index (κ3) is 4.59. The van der Waals surface area contributed by atoms with Gasteiger partial charge in [-0.3, -0.25) is 4.98 Å². The van der Waals surface area contributed by atoms with Crippen LogP contribution >= 0.6 is 0 Å². The smallest absolute Gasteiger partial charge is 0.465 e. The number of benzene rings is 1. The maximum atomic E-state index is 13.7. The number of halogens is 6. The van der Waals surface area contributed by atoms with E-state index >= 15 is 0 Å². The number of fused-ring (bicyclic) bond motifs is 1. The van der Waals surface area contributed by atoms with E-state index in [1.165, 1.54) is 13.0 Å². The predicted octanol–water partition coefficient (Wildman–Crippen LogP) is 4.56. The Morgan fingerprint density at radius 3 is 2.31 bits per heavy atom. The molecule has 0 fully saturated rings. The van der Waals surface area contributed by atoms with Crippen LogP contribution in [0.1, 0.15) is 23.2 Å². The van der Waals surface area contributed by atoms with E-state index in [4.69, 9.17) is 5.11 Å². The second-order valence-electron chi connectivity index (χ2n) is 6.87. The van der Waals surface area contributed by atoms with Crippen molar-refractivity contribution in [1.82, 2.24) is 9.88 Å². The first-order chi connectivity index (χ1) is 14.6. The highest BCUT2D eigenvalue weighted by Gasteiger charge is 2.49. The molecule has 174 valence electrons. The van der Waals surface area contributed by atoms with Crippen LogP contribution in [0.2, 0.25) is 0 Å². The molecular weight excluding hydrogens is 470 g/mol. The molecule has 2 aromatic rings. The monoisotopic (exact) mass is 484 g/mol. The molecule has 2 heterocycles. The second kappa shape index (κ2) is 7.83. The highest BCUT2D eigenvalue weighted by atomic mass is 32.2. The summed E-state index contributed by atoms with van der Waals surface area (Å²) in [5, 5.41) is 8.41. The standard InChI is InChI=1S/C18H14F6N2O5S/c1-9-6-14(31-32(29,30)18(22,23)24)12-7-11(8-13(15(12)25-9)17(19,20)21)10-2-4-26(5-3-10)16(27)28/h2,6-8H,3-5H2,1H3,(H,27,28). The molecule has 0 atom stereocenters. The van der Waals surface area contributed by atoms with Crippen molar-refractivity contribution < 1.29 is 48.8 Å². The zero-order valence-corrected chi connectivity index (χ0v) is 16.9. The molecule has 32 heavy (non-hydrogen) atoms. The Hall–Kier alpha value is -3.03. The van der Waals surface area contributed by atoms with Gasteiger partial charge in [0, 0.05) is 30.2 Å². The number of carboxylic acid groups (broad SMARTS) is 1. The Morgan fingerprint density at radius 1 is 1.16 bits per heavy atom. The van der Waals surface area contributed by atoms with E-state index in [9.17, 15) is 39.6 Å². The molecule has 0 saturated carbocycles. The fourth-order valence-electron chi connectivity index (χ4n) is 3.16. The average molecular weight is 484 g/mol. The van der Waals surface area contributed by atoms with Gasteiger partial charge in [-0.1, -0.05) is 6.08 Å². The summed E-state index contributed by atoms with van der Waals surface area (Å²) in [5.41, 5.74) is -7.85. The third-order valence-electron chi connectivity index (χ3n) is 4.64. The Labute approximate surface area is 177 Å². The molecule has 0 spiro atoms. The lowest BCUT2D eigenvalue weighted by Crippen LogP contribution is -2.33. The van der Waals surface area contributed by atoms with E-state index < -0.39 is 50.1 Å². The van der Waals surface area contributed by atoms with Gasteiger partial charge >= 0.3 is 27.9 Å². The quantitative estimate of drug-likeness (QED) is 0.390. The minimum absolute atomic E-state index is 0.0154. The Balaban J connectivity index is 2.24. The molecule has 1 aliphatic heterocycles. The van der Waals surface area contributed by atoms with Crippen LogP contribution in [0.15, 0.2) is 24.3 Å². The summed E-state index contributed by atoms with van der Waals surface area (Å²) in [6.45, 7) is 1.05. The van der Waals surface area contributed by atoms with E-state index in [0.717, 1.165) is 23.1 Å². The van der Waals surface area contributed by atoms with Crippen molar-refractivity contribution in [3.8, 4) is 5.75 Å². The first-order valence-corrected chi connectivity index (χ1v) is 10.2. The number of carbonyl (C=O) groups is 1. The van der Waals surface area contributed by atoms with E-state index in [-0.39, 0.29) is 30.8 Å². The number of hydrogen-bond donors (Lipinski definition) is 1. The van der Waals surface area contributed by atoms with Crippen LogP contribution in [0.5, 0.6) is 5.75 Å². The molecule has 1 aromatic carbocycles. The zero-order valence-electron chi connectivity index (χ0n) is 16.1. The normalized spacial score (nSPS) is 15.6.